The average Bonchev–Trinajstić information content (AvgIpc) is 2.59. The summed E-state index contributed by atoms with van der Waals surface area (Å²) in [5, 5.41) is 7.33. The minimum atomic E-state index is 0.0579. The number of nitrogens with zero attached hydrogens (tertiary/aromatic N) is 2. The highest BCUT2D eigenvalue weighted by atomic mass is 16.5. The minimum Gasteiger partial charge on any atom is -0.425 e. The first-order valence-electron chi connectivity index (χ1n) is 3.34. The summed E-state index contributed by atoms with van der Waals surface area (Å²) < 4.78 is 10.3. The summed E-state index contributed by atoms with van der Waals surface area (Å²) in [5.41, 5.74) is 0. The lowest BCUT2D eigenvalue weighted by Crippen LogP contribution is -1.95. The SMILES string of the molecule is c1nnc(C2CCCO2)o1. The number of hydrogen-bond donors (Lipinski definition) is 0. The molecule has 4 nitrogen and oxygen atoms in total. The van der Waals surface area contributed by atoms with E-state index in [1.165, 1.54) is 6.39 Å². The molecular weight excluding hydrogens is 132 g/mol. The highest BCUT2D eigenvalue weighted by Crippen LogP contribution is 2.26. The van der Waals surface area contributed by atoms with Gasteiger partial charge in [0.25, 0.3) is 0 Å². The van der Waals surface area contributed by atoms with Gasteiger partial charge in [0.05, 0.1) is 0 Å². The maximum atomic E-state index is 5.30. The quantitative estimate of drug-likeness (QED) is 0.582. The van der Waals surface area contributed by atoms with E-state index in [1.54, 1.807) is 0 Å². The third-order valence-electron chi connectivity index (χ3n) is 1.58. The predicted molar refractivity (Wildman–Crippen MR) is 32.2 cm³/mol. The van der Waals surface area contributed by atoms with Crippen LogP contribution in [-0.2, 0) is 4.74 Å². The van der Waals surface area contributed by atoms with Gasteiger partial charge in [-0.25, -0.2) is 0 Å². The van der Waals surface area contributed by atoms with Crippen LogP contribution in [0.3, 0.4) is 0 Å². The Bertz CT molecular complexity index is 192. The second-order valence-corrected chi connectivity index (χ2v) is 2.28. The summed E-state index contributed by atoms with van der Waals surface area (Å²) in [5.74, 6) is 0.609. The van der Waals surface area contributed by atoms with Crippen LogP contribution < -0.4 is 0 Å². The van der Waals surface area contributed by atoms with E-state index in [-0.39, 0.29) is 6.10 Å². The van der Waals surface area contributed by atoms with Gasteiger partial charge in [-0.15, -0.1) is 10.2 Å². The van der Waals surface area contributed by atoms with Crippen LogP contribution in [0.25, 0.3) is 0 Å². The van der Waals surface area contributed by atoms with Crippen molar-refractivity contribution >= 4 is 0 Å². The molecule has 0 spiro atoms. The van der Waals surface area contributed by atoms with Gasteiger partial charge in [-0.05, 0) is 12.8 Å². The normalized spacial score (nSPS) is 25.4. The topological polar surface area (TPSA) is 48.2 Å². The molecule has 0 bridgehead atoms. The van der Waals surface area contributed by atoms with Crippen LogP contribution in [0.5, 0.6) is 0 Å². The first kappa shape index (κ1) is 5.85. The maximum Gasteiger partial charge on any atom is 0.244 e. The van der Waals surface area contributed by atoms with Gasteiger partial charge < -0.3 is 9.15 Å². The van der Waals surface area contributed by atoms with Crippen molar-refractivity contribution in [1.29, 1.82) is 0 Å². The van der Waals surface area contributed by atoms with Gasteiger partial charge in [-0.2, -0.15) is 0 Å². The summed E-state index contributed by atoms with van der Waals surface area (Å²) in [7, 11) is 0. The molecule has 0 amide bonds. The number of ether oxygens (including phenoxy) is 1. The average molecular weight is 140 g/mol. The van der Waals surface area contributed by atoms with Crippen molar-refractivity contribution in [3.63, 3.8) is 0 Å². The Balaban J connectivity index is 2.12. The third kappa shape index (κ3) is 0.903. The molecule has 2 heterocycles. The van der Waals surface area contributed by atoms with Gasteiger partial charge in [0, 0.05) is 6.61 Å². The zero-order valence-electron chi connectivity index (χ0n) is 5.49. The lowest BCUT2D eigenvalue weighted by atomic mass is 10.2. The van der Waals surface area contributed by atoms with Crippen LogP contribution in [0.15, 0.2) is 10.8 Å². The minimum absolute atomic E-state index is 0.0579. The fourth-order valence-corrected chi connectivity index (χ4v) is 1.09. The van der Waals surface area contributed by atoms with E-state index in [0.29, 0.717) is 5.89 Å². The van der Waals surface area contributed by atoms with E-state index in [1.807, 2.05) is 0 Å². The van der Waals surface area contributed by atoms with Gasteiger partial charge in [0.15, 0.2) is 0 Å². The standard InChI is InChI=1S/C6H8N2O2/c1-2-5(9-3-1)6-8-7-4-10-6/h4-5H,1-3H2. The van der Waals surface area contributed by atoms with Crippen molar-refractivity contribution in [3.8, 4) is 0 Å². The molecule has 1 saturated heterocycles. The number of rotatable bonds is 1. The van der Waals surface area contributed by atoms with Crippen molar-refractivity contribution < 1.29 is 9.15 Å². The summed E-state index contributed by atoms with van der Waals surface area (Å²) in [6, 6.07) is 0. The van der Waals surface area contributed by atoms with Crippen LogP contribution in [0.1, 0.15) is 24.8 Å². The van der Waals surface area contributed by atoms with E-state index in [9.17, 15) is 0 Å². The zero-order valence-corrected chi connectivity index (χ0v) is 5.49. The highest BCUT2D eigenvalue weighted by Gasteiger charge is 2.21. The smallest absolute Gasteiger partial charge is 0.244 e. The van der Waals surface area contributed by atoms with Crippen LogP contribution in [-0.4, -0.2) is 16.8 Å². The largest absolute Gasteiger partial charge is 0.425 e. The monoisotopic (exact) mass is 140 g/mol. The van der Waals surface area contributed by atoms with Crippen LogP contribution >= 0.6 is 0 Å². The van der Waals surface area contributed by atoms with Crippen LogP contribution in [0.4, 0.5) is 0 Å². The van der Waals surface area contributed by atoms with E-state index in [0.717, 1.165) is 19.4 Å². The van der Waals surface area contributed by atoms with Crippen molar-refractivity contribution in [2.45, 2.75) is 18.9 Å². The molecule has 0 N–H and O–H groups in total. The van der Waals surface area contributed by atoms with Crippen molar-refractivity contribution in [2.75, 3.05) is 6.61 Å². The van der Waals surface area contributed by atoms with Gasteiger partial charge in [0.2, 0.25) is 12.3 Å². The maximum absolute atomic E-state index is 5.30. The fraction of sp³-hybridized carbons (Fsp3) is 0.667. The van der Waals surface area contributed by atoms with Crippen molar-refractivity contribution in [2.24, 2.45) is 0 Å². The lowest BCUT2D eigenvalue weighted by molar-refractivity contribution is 0.0891. The number of aromatic nitrogens is 2. The first-order valence-corrected chi connectivity index (χ1v) is 3.34. The Morgan fingerprint density at radius 3 is 3.20 bits per heavy atom. The number of hydrogen-bond acceptors (Lipinski definition) is 4. The Morgan fingerprint density at radius 1 is 1.60 bits per heavy atom. The predicted octanol–water partition coefficient (Wildman–Crippen LogP) is 0.921. The fourth-order valence-electron chi connectivity index (χ4n) is 1.09. The second kappa shape index (κ2) is 2.38. The van der Waals surface area contributed by atoms with Gasteiger partial charge in [-0.1, -0.05) is 0 Å². The van der Waals surface area contributed by atoms with Gasteiger partial charge >= 0.3 is 0 Å². The van der Waals surface area contributed by atoms with Crippen LogP contribution in [0, 0.1) is 0 Å². The summed E-state index contributed by atoms with van der Waals surface area (Å²) in [4.78, 5) is 0. The van der Waals surface area contributed by atoms with Crippen molar-refractivity contribution in [1.82, 2.24) is 10.2 Å². The van der Waals surface area contributed by atoms with E-state index < -0.39 is 0 Å². The second-order valence-electron chi connectivity index (χ2n) is 2.28. The summed E-state index contributed by atoms with van der Waals surface area (Å²) in [6.45, 7) is 0.813. The van der Waals surface area contributed by atoms with E-state index >= 15 is 0 Å². The Labute approximate surface area is 58.2 Å². The third-order valence-corrected chi connectivity index (χ3v) is 1.58. The molecule has 2 rings (SSSR count). The molecule has 0 aromatic carbocycles. The lowest BCUT2D eigenvalue weighted by Gasteiger charge is -2.00. The van der Waals surface area contributed by atoms with E-state index in [2.05, 4.69) is 10.2 Å². The van der Waals surface area contributed by atoms with Gasteiger partial charge in [-0.3, -0.25) is 0 Å². The molecule has 1 atom stereocenters. The Morgan fingerprint density at radius 2 is 2.60 bits per heavy atom. The molecule has 0 radical (unpaired) electrons. The summed E-state index contributed by atoms with van der Waals surface area (Å²) >= 11 is 0. The van der Waals surface area contributed by atoms with Gasteiger partial charge in [0.1, 0.15) is 6.10 Å². The molecule has 1 aliphatic heterocycles. The molecule has 1 fully saturated rings. The molecule has 1 aromatic heterocycles. The molecule has 0 saturated carbocycles. The molecule has 1 unspecified atom stereocenters. The molecule has 54 valence electrons. The highest BCUT2D eigenvalue weighted by molar-refractivity contribution is 4.83. The molecule has 10 heavy (non-hydrogen) atoms. The molecule has 1 aliphatic rings. The molecular formula is C6H8N2O2. The van der Waals surface area contributed by atoms with Crippen LogP contribution in [0.2, 0.25) is 0 Å². The van der Waals surface area contributed by atoms with Crippen molar-refractivity contribution in [3.05, 3.63) is 12.3 Å². The molecule has 1 aromatic rings. The molecule has 4 heteroatoms. The Hall–Kier alpha value is -0.900. The van der Waals surface area contributed by atoms with E-state index in [4.69, 9.17) is 9.15 Å². The first-order chi connectivity index (χ1) is 4.97. The molecule has 0 aliphatic carbocycles. The Kier molecular flexibility index (Phi) is 1.39. The zero-order chi connectivity index (χ0) is 6.81. The summed E-state index contributed by atoms with van der Waals surface area (Å²) in [6.07, 6.45) is 3.48.